The van der Waals surface area contributed by atoms with Crippen molar-refractivity contribution in [3.63, 3.8) is 0 Å². The highest BCUT2D eigenvalue weighted by Crippen LogP contribution is 2.32. The second-order valence-corrected chi connectivity index (χ2v) is 4.65. The zero-order valence-corrected chi connectivity index (χ0v) is 10.6. The minimum Gasteiger partial charge on any atom is -0.396 e. The second kappa shape index (κ2) is 5.62. The van der Waals surface area contributed by atoms with Crippen molar-refractivity contribution in [2.75, 3.05) is 6.61 Å². The number of benzene rings is 1. The van der Waals surface area contributed by atoms with Crippen molar-refractivity contribution < 1.29 is 9.50 Å². The second-order valence-electron chi connectivity index (χ2n) is 4.65. The Hall–Kier alpha value is -0.640. The number of aryl methyl sites for hydroxylation is 1. The van der Waals surface area contributed by atoms with Gasteiger partial charge in [0.05, 0.1) is 0 Å². The zero-order chi connectivity index (χ0) is 11.6. The molecule has 92 valence electrons. The van der Waals surface area contributed by atoms with Gasteiger partial charge in [-0.3, -0.25) is 0 Å². The number of halogens is 2. The maximum Gasteiger partial charge on any atom is 0.128 e. The number of hydrogen-bond donors (Lipinski definition) is 2. The lowest BCUT2D eigenvalue weighted by Gasteiger charge is -2.30. The first-order valence-corrected chi connectivity index (χ1v) is 5.01. The molecule has 1 aromatic carbocycles. The number of rotatable bonds is 3. The monoisotopic (exact) mass is 247 g/mol. The molecule has 0 aromatic heterocycles. The van der Waals surface area contributed by atoms with Gasteiger partial charge in [-0.25, -0.2) is 4.39 Å². The molecular formula is C12H19ClFNO. The fourth-order valence-electron chi connectivity index (χ4n) is 1.40. The fraction of sp³-hybridized carbons (Fsp3) is 0.500. The Labute approximate surface area is 102 Å². The normalized spacial score (nSPS) is 13.1. The van der Waals surface area contributed by atoms with E-state index in [1.807, 2.05) is 26.8 Å². The third-order valence-electron chi connectivity index (χ3n) is 2.74. The van der Waals surface area contributed by atoms with Crippen molar-refractivity contribution in [3.8, 4) is 0 Å². The molecule has 0 aliphatic heterocycles. The van der Waals surface area contributed by atoms with Gasteiger partial charge in [0.2, 0.25) is 0 Å². The van der Waals surface area contributed by atoms with Crippen LogP contribution in [0.1, 0.15) is 31.0 Å². The van der Waals surface area contributed by atoms with Crippen LogP contribution in [0, 0.1) is 18.2 Å². The van der Waals surface area contributed by atoms with E-state index < -0.39 is 11.5 Å². The fourth-order valence-corrected chi connectivity index (χ4v) is 1.40. The summed E-state index contributed by atoms with van der Waals surface area (Å²) in [6, 6.07) is 4.48. The molecule has 0 radical (unpaired) electrons. The van der Waals surface area contributed by atoms with Crippen LogP contribution in [0.4, 0.5) is 4.39 Å². The quantitative estimate of drug-likeness (QED) is 0.863. The molecule has 1 atom stereocenters. The molecule has 0 fully saturated rings. The number of aliphatic hydroxyl groups excluding tert-OH is 1. The molecule has 1 rings (SSSR count). The Balaban J connectivity index is 0.00000225. The van der Waals surface area contributed by atoms with Gasteiger partial charge < -0.3 is 10.8 Å². The molecule has 1 aromatic rings. The third-order valence-corrected chi connectivity index (χ3v) is 2.74. The Morgan fingerprint density at radius 1 is 1.44 bits per heavy atom. The summed E-state index contributed by atoms with van der Waals surface area (Å²) >= 11 is 0. The first kappa shape index (κ1) is 15.4. The molecule has 0 heterocycles. The van der Waals surface area contributed by atoms with Gasteiger partial charge in [0.25, 0.3) is 0 Å². The summed E-state index contributed by atoms with van der Waals surface area (Å²) in [7, 11) is 0. The van der Waals surface area contributed by atoms with Crippen LogP contribution < -0.4 is 5.73 Å². The summed E-state index contributed by atoms with van der Waals surface area (Å²) in [5, 5.41) is 9.17. The van der Waals surface area contributed by atoms with Crippen molar-refractivity contribution in [2.24, 2.45) is 11.1 Å². The van der Waals surface area contributed by atoms with E-state index in [0.29, 0.717) is 5.56 Å². The predicted molar refractivity (Wildman–Crippen MR) is 66.2 cm³/mol. The van der Waals surface area contributed by atoms with Crippen LogP contribution in [-0.2, 0) is 0 Å². The number of hydrogen-bond acceptors (Lipinski definition) is 2. The molecule has 0 bridgehead atoms. The highest BCUT2D eigenvalue weighted by Gasteiger charge is 2.28. The average Bonchev–Trinajstić information content (AvgIpc) is 2.17. The van der Waals surface area contributed by atoms with Crippen LogP contribution in [0.15, 0.2) is 18.2 Å². The van der Waals surface area contributed by atoms with Gasteiger partial charge >= 0.3 is 0 Å². The van der Waals surface area contributed by atoms with Crippen LogP contribution >= 0.6 is 12.4 Å². The smallest absolute Gasteiger partial charge is 0.128 e. The van der Waals surface area contributed by atoms with Gasteiger partial charge in [-0.05, 0) is 18.6 Å². The Bertz CT molecular complexity index is 355. The summed E-state index contributed by atoms with van der Waals surface area (Å²) in [4.78, 5) is 0. The van der Waals surface area contributed by atoms with Crippen molar-refractivity contribution >= 4 is 12.4 Å². The summed E-state index contributed by atoms with van der Waals surface area (Å²) in [5.41, 5.74) is 6.74. The number of nitrogens with two attached hydrogens (primary N) is 1. The predicted octanol–water partition coefficient (Wildman–Crippen LogP) is 2.57. The Morgan fingerprint density at radius 2 is 2.00 bits per heavy atom. The maximum atomic E-state index is 13.6. The van der Waals surface area contributed by atoms with E-state index in [4.69, 9.17) is 10.8 Å². The van der Waals surface area contributed by atoms with E-state index in [1.165, 1.54) is 6.07 Å². The molecule has 0 amide bonds. The minimum absolute atomic E-state index is 0. The largest absolute Gasteiger partial charge is 0.396 e. The van der Waals surface area contributed by atoms with Crippen LogP contribution in [0.25, 0.3) is 0 Å². The molecule has 2 nitrogen and oxygen atoms in total. The van der Waals surface area contributed by atoms with Crippen LogP contribution in [0.2, 0.25) is 0 Å². The summed E-state index contributed by atoms with van der Waals surface area (Å²) in [6.45, 7) is 5.39. The average molecular weight is 248 g/mol. The summed E-state index contributed by atoms with van der Waals surface area (Å²) in [6.07, 6.45) is 0. The van der Waals surface area contributed by atoms with Crippen molar-refractivity contribution in [2.45, 2.75) is 26.8 Å². The highest BCUT2D eigenvalue weighted by molar-refractivity contribution is 5.85. The molecule has 0 aliphatic carbocycles. The minimum atomic E-state index is -0.518. The topological polar surface area (TPSA) is 46.2 Å². The highest BCUT2D eigenvalue weighted by atomic mass is 35.5. The van der Waals surface area contributed by atoms with Gasteiger partial charge in [0.15, 0.2) is 0 Å². The van der Waals surface area contributed by atoms with E-state index in [1.54, 1.807) is 6.07 Å². The third kappa shape index (κ3) is 3.17. The van der Waals surface area contributed by atoms with Crippen LogP contribution in [0.3, 0.4) is 0 Å². The molecule has 4 heteroatoms. The molecule has 0 saturated heterocycles. The molecule has 0 spiro atoms. The lowest BCUT2D eigenvalue weighted by Crippen LogP contribution is -2.33. The van der Waals surface area contributed by atoms with Crippen molar-refractivity contribution in [3.05, 3.63) is 35.1 Å². The molecule has 0 aliphatic rings. The van der Waals surface area contributed by atoms with E-state index in [9.17, 15) is 4.39 Å². The molecule has 0 saturated carbocycles. The van der Waals surface area contributed by atoms with Gasteiger partial charge in [-0.1, -0.05) is 26.0 Å². The SMILES string of the molecule is Cc1ccc([C@H](N)C(C)(C)CO)c(F)c1.Cl. The van der Waals surface area contributed by atoms with Gasteiger partial charge in [-0.2, -0.15) is 0 Å². The zero-order valence-electron chi connectivity index (χ0n) is 9.83. The van der Waals surface area contributed by atoms with Crippen molar-refractivity contribution in [1.29, 1.82) is 0 Å². The molecule has 3 N–H and O–H groups in total. The van der Waals surface area contributed by atoms with E-state index >= 15 is 0 Å². The molecular weight excluding hydrogens is 229 g/mol. The van der Waals surface area contributed by atoms with Gasteiger partial charge in [0.1, 0.15) is 5.82 Å². The summed E-state index contributed by atoms with van der Waals surface area (Å²) in [5.74, 6) is -0.302. The maximum absolute atomic E-state index is 13.6. The van der Waals surface area contributed by atoms with Crippen LogP contribution in [0.5, 0.6) is 0 Å². The van der Waals surface area contributed by atoms with Crippen molar-refractivity contribution in [1.82, 2.24) is 0 Å². The molecule has 0 unspecified atom stereocenters. The van der Waals surface area contributed by atoms with Gasteiger partial charge in [0, 0.05) is 23.6 Å². The van der Waals surface area contributed by atoms with E-state index in [2.05, 4.69) is 0 Å². The first-order valence-electron chi connectivity index (χ1n) is 5.01. The lowest BCUT2D eigenvalue weighted by atomic mass is 9.81. The Kier molecular flexibility index (Phi) is 5.39. The summed E-state index contributed by atoms with van der Waals surface area (Å²) < 4.78 is 13.6. The first-order chi connectivity index (χ1) is 6.88. The lowest BCUT2D eigenvalue weighted by molar-refractivity contribution is 0.131. The van der Waals surface area contributed by atoms with Crippen LogP contribution in [-0.4, -0.2) is 11.7 Å². The van der Waals surface area contributed by atoms with E-state index in [0.717, 1.165) is 5.56 Å². The standard InChI is InChI=1S/C12H18FNO.ClH/c1-8-4-5-9(10(13)6-8)11(14)12(2,3)7-15;/h4-6,11,15H,7,14H2,1-3H3;1H/t11-;/m0./s1. The number of aliphatic hydroxyl groups is 1. The Morgan fingerprint density at radius 3 is 2.44 bits per heavy atom. The van der Waals surface area contributed by atoms with E-state index in [-0.39, 0.29) is 24.8 Å². The molecule has 16 heavy (non-hydrogen) atoms. The van der Waals surface area contributed by atoms with Gasteiger partial charge in [-0.15, -0.1) is 12.4 Å².